The molecule has 0 aromatic heterocycles. The lowest BCUT2D eigenvalue weighted by Crippen LogP contribution is -2.51. The Morgan fingerprint density at radius 1 is 1.11 bits per heavy atom. The quantitative estimate of drug-likeness (QED) is 0.537. The van der Waals surface area contributed by atoms with Crippen LogP contribution >= 0.6 is 0 Å². The maximum atomic E-state index is 2.46. The van der Waals surface area contributed by atoms with Gasteiger partial charge in [0.2, 0.25) is 0 Å². The van der Waals surface area contributed by atoms with Crippen molar-refractivity contribution in [3.05, 3.63) is 23.8 Å². The van der Waals surface area contributed by atoms with Crippen molar-refractivity contribution in [3.8, 4) is 0 Å². The Morgan fingerprint density at radius 2 is 1.61 bits per heavy atom. The minimum atomic E-state index is 0.412. The third kappa shape index (κ3) is 2.73. The lowest BCUT2D eigenvalue weighted by molar-refractivity contribution is -0.0747. The number of hydrogen-bond donors (Lipinski definition) is 0. The summed E-state index contributed by atoms with van der Waals surface area (Å²) in [5, 5.41) is 0. The van der Waals surface area contributed by atoms with Crippen LogP contribution in [-0.2, 0) is 0 Å². The van der Waals surface area contributed by atoms with Crippen LogP contribution in [0.15, 0.2) is 23.8 Å². The van der Waals surface area contributed by atoms with E-state index in [0.29, 0.717) is 22.2 Å². The van der Waals surface area contributed by atoms with E-state index in [4.69, 9.17) is 0 Å². The van der Waals surface area contributed by atoms with Gasteiger partial charge in [-0.05, 0) is 41.9 Å². The molecule has 0 aromatic carbocycles. The summed E-state index contributed by atoms with van der Waals surface area (Å²) < 4.78 is 0. The fraction of sp³-hybridized carbons (Fsp3) is 0.778. The van der Waals surface area contributed by atoms with Crippen LogP contribution in [-0.4, -0.2) is 0 Å². The maximum absolute atomic E-state index is 2.46. The molecule has 0 saturated heterocycles. The van der Waals surface area contributed by atoms with Gasteiger partial charge in [-0.25, -0.2) is 0 Å². The summed E-state index contributed by atoms with van der Waals surface area (Å²) >= 11 is 0. The van der Waals surface area contributed by atoms with E-state index in [1.807, 2.05) is 0 Å². The van der Waals surface area contributed by atoms with E-state index >= 15 is 0 Å². The Hall–Kier alpha value is -0.520. The molecule has 104 valence electrons. The first-order valence-corrected chi connectivity index (χ1v) is 7.39. The molecule has 1 saturated carbocycles. The zero-order chi connectivity index (χ0) is 14.2. The van der Waals surface area contributed by atoms with Gasteiger partial charge in [-0.15, -0.1) is 0 Å². The van der Waals surface area contributed by atoms with E-state index < -0.39 is 0 Å². The van der Waals surface area contributed by atoms with Gasteiger partial charge in [-0.2, -0.15) is 0 Å². The van der Waals surface area contributed by atoms with E-state index in [2.05, 4.69) is 73.6 Å². The molecular weight excluding hydrogens is 216 g/mol. The minimum absolute atomic E-state index is 0.412. The van der Waals surface area contributed by atoms with Gasteiger partial charge in [-0.1, -0.05) is 72.3 Å². The van der Waals surface area contributed by atoms with Crippen LogP contribution < -0.4 is 0 Å². The highest BCUT2D eigenvalue weighted by Gasteiger charge is 2.55. The third-order valence-electron chi connectivity index (χ3n) is 5.16. The summed E-state index contributed by atoms with van der Waals surface area (Å²) in [4.78, 5) is 0. The van der Waals surface area contributed by atoms with E-state index in [9.17, 15) is 0 Å². The average molecular weight is 248 g/mol. The fourth-order valence-electron chi connectivity index (χ4n) is 3.70. The summed E-state index contributed by atoms with van der Waals surface area (Å²) in [6.45, 7) is 18.8. The van der Waals surface area contributed by atoms with Crippen molar-refractivity contribution in [1.82, 2.24) is 0 Å². The van der Waals surface area contributed by atoms with E-state index in [1.54, 1.807) is 5.57 Å². The van der Waals surface area contributed by atoms with Gasteiger partial charge in [0, 0.05) is 0 Å². The predicted molar refractivity (Wildman–Crippen MR) is 82.6 cm³/mol. The van der Waals surface area contributed by atoms with E-state index in [1.165, 1.54) is 12.8 Å². The molecule has 0 atom stereocenters. The zero-order valence-corrected chi connectivity index (χ0v) is 13.7. The van der Waals surface area contributed by atoms with Gasteiger partial charge in [-0.3, -0.25) is 0 Å². The first-order chi connectivity index (χ1) is 8.06. The first kappa shape index (κ1) is 15.5. The van der Waals surface area contributed by atoms with Crippen molar-refractivity contribution in [2.24, 2.45) is 22.2 Å². The van der Waals surface area contributed by atoms with Gasteiger partial charge in [0.05, 0.1) is 0 Å². The number of rotatable bonds is 3. The Labute approximate surface area is 115 Å². The molecule has 0 aliphatic heterocycles. The van der Waals surface area contributed by atoms with E-state index in [-0.39, 0.29) is 0 Å². The lowest BCUT2D eigenvalue weighted by Gasteiger charge is -2.61. The van der Waals surface area contributed by atoms with E-state index in [0.717, 1.165) is 0 Å². The molecule has 0 radical (unpaired) electrons. The molecule has 0 heterocycles. The molecule has 0 aromatic rings. The largest absolute Gasteiger partial charge is 0.0877 e. The van der Waals surface area contributed by atoms with Crippen molar-refractivity contribution < 1.29 is 0 Å². The van der Waals surface area contributed by atoms with Crippen LogP contribution in [0.4, 0.5) is 0 Å². The lowest BCUT2D eigenvalue weighted by atomic mass is 9.44. The molecule has 0 N–H and O–H groups in total. The summed E-state index contributed by atoms with van der Waals surface area (Å²) in [6, 6.07) is 0. The van der Waals surface area contributed by atoms with Gasteiger partial charge in [0.25, 0.3) is 0 Å². The Morgan fingerprint density at radius 3 is 1.94 bits per heavy atom. The molecule has 0 spiro atoms. The van der Waals surface area contributed by atoms with Crippen molar-refractivity contribution in [2.75, 3.05) is 0 Å². The monoisotopic (exact) mass is 248 g/mol. The Balaban J connectivity index is 2.92. The second-order valence-corrected chi connectivity index (χ2v) is 8.03. The van der Waals surface area contributed by atoms with Crippen molar-refractivity contribution in [1.29, 1.82) is 0 Å². The molecular formula is C18H32. The Bertz CT molecular complexity index is 341. The standard InChI is InChI=1S/C18H32/c1-9-10-11-15(14(2)3)17(7)12-18(8,13-17)16(4,5)6/h9-11,14H,12-13H2,1-8H3/b10-9-,15-11+. The number of hydrogen-bond acceptors (Lipinski definition) is 0. The highest BCUT2D eigenvalue weighted by molar-refractivity contribution is 5.27. The fourth-order valence-corrected chi connectivity index (χ4v) is 3.70. The summed E-state index contributed by atoms with van der Waals surface area (Å²) in [7, 11) is 0. The topological polar surface area (TPSA) is 0 Å². The summed E-state index contributed by atoms with van der Waals surface area (Å²) in [5.74, 6) is 0.649. The smallest absolute Gasteiger partial charge is 0.00999 e. The van der Waals surface area contributed by atoms with Crippen LogP contribution in [0, 0.1) is 22.2 Å². The van der Waals surface area contributed by atoms with Gasteiger partial charge in [0.1, 0.15) is 0 Å². The zero-order valence-electron chi connectivity index (χ0n) is 13.7. The second-order valence-electron chi connectivity index (χ2n) is 8.03. The molecule has 0 unspecified atom stereocenters. The van der Waals surface area contributed by atoms with Crippen molar-refractivity contribution in [3.63, 3.8) is 0 Å². The SMILES string of the molecule is C/C=C\C=C(/C(C)C)C1(C)CC(C)(C(C)(C)C)C1. The second kappa shape index (κ2) is 4.87. The highest BCUT2D eigenvalue weighted by atomic mass is 14.6. The molecule has 1 aliphatic rings. The average Bonchev–Trinajstić information content (AvgIpc) is 2.13. The molecule has 0 heteroatoms. The van der Waals surface area contributed by atoms with Crippen molar-refractivity contribution in [2.45, 2.75) is 68.2 Å². The van der Waals surface area contributed by atoms with Crippen LogP contribution in [0.2, 0.25) is 0 Å². The molecule has 1 rings (SSSR count). The Kier molecular flexibility index (Phi) is 4.20. The van der Waals surface area contributed by atoms with Gasteiger partial charge < -0.3 is 0 Å². The normalized spacial score (nSPS) is 34.2. The van der Waals surface area contributed by atoms with Gasteiger partial charge >= 0.3 is 0 Å². The molecule has 1 fully saturated rings. The molecule has 1 aliphatic carbocycles. The minimum Gasteiger partial charge on any atom is -0.0877 e. The van der Waals surface area contributed by atoms with Crippen LogP contribution in [0.5, 0.6) is 0 Å². The van der Waals surface area contributed by atoms with Crippen LogP contribution in [0.25, 0.3) is 0 Å². The highest BCUT2D eigenvalue weighted by Crippen LogP contribution is 2.65. The maximum Gasteiger partial charge on any atom is -0.00999 e. The first-order valence-electron chi connectivity index (χ1n) is 7.39. The molecule has 0 bridgehead atoms. The molecule has 0 amide bonds. The summed E-state index contributed by atoms with van der Waals surface area (Å²) in [6.07, 6.45) is 9.34. The molecule has 0 nitrogen and oxygen atoms in total. The van der Waals surface area contributed by atoms with Crippen molar-refractivity contribution >= 4 is 0 Å². The van der Waals surface area contributed by atoms with Gasteiger partial charge in [0.15, 0.2) is 0 Å². The predicted octanol–water partition coefficient (Wildman–Crippen LogP) is 6.00. The van der Waals surface area contributed by atoms with Crippen LogP contribution in [0.1, 0.15) is 68.2 Å². The number of allylic oxidation sites excluding steroid dienone is 4. The third-order valence-corrected chi connectivity index (χ3v) is 5.16. The van der Waals surface area contributed by atoms with Crippen LogP contribution in [0.3, 0.4) is 0 Å². The summed E-state index contributed by atoms with van der Waals surface area (Å²) in [5.41, 5.74) is 2.94. The molecule has 18 heavy (non-hydrogen) atoms.